The molecule has 6 nitrogen and oxygen atoms in total. The minimum atomic E-state index is -1.89. The summed E-state index contributed by atoms with van der Waals surface area (Å²) < 4.78 is 5.25. The zero-order valence-corrected chi connectivity index (χ0v) is 13.5. The van der Waals surface area contributed by atoms with E-state index in [4.69, 9.17) is 4.74 Å². The molecule has 0 spiro atoms. The first-order chi connectivity index (χ1) is 10.3. The Bertz CT molecular complexity index is 448. The molecule has 2 heterocycles. The lowest BCUT2D eigenvalue weighted by atomic mass is 9.88. The van der Waals surface area contributed by atoms with Gasteiger partial charge in [-0.1, -0.05) is 19.9 Å². The number of aliphatic hydroxyl groups excluding tert-OH is 2. The largest absolute Gasteiger partial charge is 0.459 e. The SMILES string of the molecule is CC(C)C[C@@](O)(C(=O)OCC1=CCN2CC[C@H](O)[C@@H]12)[C@H](C)O. The Morgan fingerprint density at radius 2 is 2.18 bits per heavy atom. The highest BCUT2D eigenvalue weighted by atomic mass is 16.6. The minimum absolute atomic E-state index is 0.0458. The van der Waals surface area contributed by atoms with Gasteiger partial charge in [-0.15, -0.1) is 0 Å². The van der Waals surface area contributed by atoms with E-state index >= 15 is 0 Å². The van der Waals surface area contributed by atoms with Gasteiger partial charge >= 0.3 is 5.97 Å². The van der Waals surface area contributed by atoms with Crippen molar-refractivity contribution in [1.29, 1.82) is 0 Å². The molecule has 4 atom stereocenters. The Balaban J connectivity index is 1.97. The van der Waals surface area contributed by atoms with Crippen molar-refractivity contribution in [2.45, 2.75) is 57.5 Å². The zero-order valence-electron chi connectivity index (χ0n) is 13.5. The van der Waals surface area contributed by atoms with Crippen LogP contribution in [0.15, 0.2) is 11.6 Å². The lowest BCUT2D eigenvalue weighted by Crippen LogP contribution is -2.50. The molecule has 0 bridgehead atoms. The Morgan fingerprint density at radius 1 is 1.50 bits per heavy atom. The standard InChI is InChI=1S/C16H27NO5/c1-10(2)8-16(21,11(3)18)15(20)22-9-12-4-6-17-7-5-13(19)14(12)17/h4,10-11,13-14,18-19,21H,5-9H2,1-3H3/t11-,13-,14+,16-/m0/s1. The maximum absolute atomic E-state index is 12.2. The van der Waals surface area contributed by atoms with Crippen LogP contribution in [-0.4, -0.2) is 69.7 Å². The molecule has 0 saturated carbocycles. The molecule has 1 fully saturated rings. The van der Waals surface area contributed by atoms with Crippen molar-refractivity contribution in [2.24, 2.45) is 5.92 Å². The van der Waals surface area contributed by atoms with Crippen molar-refractivity contribution in [3.63, 3.8) is 0 Å². The number of hydrogen-bond acceptors (Lipinski definition) is 6. The van der Waals surface area contributed by atoms with E-state index in [1.54, 1.807) is 0 Å². The Kier molecular flexibility index (Phi) is 5.27. The first-order valence-corrected chi connectivity index (χ1v) is 7.94. The molecule has 0 amide bonds. The molecule has 0 unspecified atom stereocenters. The molecule has 0 radical (unpaired) electrons. The summed E-state index contributed by atoms with van der Waals surface area (Å²) in [7, 11) is 0. The molecule has 126 valence electrons. The molecule has 3 N–H and O–H groups in total. The average Bonchev–Trinajstić information content (AvgIpc) is 2.98. The van der Waals surface area contributed by atoms with Gasteiger partial charge in [-0.3, -0.25) is 4.90 Å². The van der Waals surface area contributed by atoms with Gasteiger partial charge in [0.15, 0.2) is 5.60 Å². The van der Waals surface area contributed by atoms with Crippen LogP contribution < -0.4 is 0 Å². The molecule has 0 aromatic carbocycles. The molecular weight excluding hydrogens is 286 g/mol. The van der Waals surface area contributed by atoms with Crippen LogP contribution in [-0.2, 0) is 9.53 Å². The van der Waals surface area contributed by atoms with E-state index in [1.807, 2.05) is 19.9 Å². The predicted molar refractivity (Wildman–Crippen MR) is 81.1 cm³/mol. The monoisotopic (exact) mass is 313 g/mol. The van der Waals surface area contributed by atoms with Crippen LogP contribution >= 0.6 is 0 Å². The van der Waals surface area contributed by atoms with E-state index in [9.17, 15) is 20.1 Å². The van der Waals surface area contributed by atoms with Gasteiger partial charge in [-0.25, -0.2) is 4.79 Å². The third kappa shape index (κ3) is 3.35. The molecule has 0 aromatic rings. The van der Waals surface area contributed by atoms with E-state index < -0.39 is 23.8 Å². The van der Waals surface area contributed by atoms with E-state index in [0.717, 1.165) is 25.1 Å². The second-order valence-corrected chi connectivity index (χ2v) is 6.85. The van der Waals surface area contributed by atoms with Crippen molar-refractivity contribution in [2.75, 3.05) is 19.7 Å². The zero-order chi connectivity index (χ0) is 16.5. The maximum Gasteiger partial charge on any atom is 0.341 e. The number of fused-ring (bicyclic) bond motifs is 1. The molecule has 22 heavy (non-hydrogen) atoms. The lowest BCUT2D eigenvalue weighted by Gasteiger charge is -2.30. The number of esters is 1. The van der Waals surface area contributed by atoms with Crippen molar-refractivity contribution >= 4 is 5.97 Å². The van der Waals surface area contributed by atoms with Crippen LogP contribution in [0.3, 0.4) is 0 Å². The smallest absolute Gasteiger partial charge is 0.341 e. The van der Waals surface area contributed by atoms with Crippen molar-refractivity contribution in [1.82, 2.24) is 4.90 Å². The van der Waals surface area contributed by atoms with Gasteiger partial charge in [0.25, 0.3) is 0 Å². The number of nitrogens with zero attached hydrogens (tertiary/aromatic N) is 1. The molecule has 6 heteroatoms. The number of aliphatic hydroxyl groups is 3. The number of hydrogen-bond donors (Lipinski definition) is 3. The number of rotatable bonds is 6. The van der Waals surface area contributed by atoms with Crippen molar-refractivity contribution in [3.8, 4) is 0 Å². The molecule has 0 aromatic heterocycles. The fourth-order valence-electron chi connectivity index (χ4n) is 3.35. The molecule has 2 aliphatic heterocycles. The summed E-state index contributed by atoms with van der Waals surface area (Å²) in [5.74, 6) is -0.756. The Hall–Kier alpha value is -0.950. The molecule has 2 rings (SSSR count). The van der Waals surface area contributed by atoms with Crippen LogP contribution in [0, 0.1) is 5.92 Å². The second kappa shape index (κ2) is 6.66. The second-order valence-electron chi connectivity index (χ2n) is 6.85. The lowest BCUT2D eigenvalue weighted by molar-refractivity contribution is -0.178. The predicted octanol–water partition coefficient (Wildman–Crippen LogP) is 0.0628. The van der Waals surface area contributed by atoms with Gasteiger partial charge in [0.05, 0.1) is 18.2 Å². The van der Waals surface area contributed by atoms with Gasteiger partial charge < -0.3 is 20.1 Å². The quantitative estimate of drug-likeness (QED) is 0.475. The average molecular weight is 313 g/mol. The summed E-state index contributed by atoms with van der Waals surface area (Å²) in [5, 5.41) is 30.2. The summed E-state index contributed by atoms with van der Waals surface area (Å²) in [6.45, 7) is 6.76. The minimum Gasteiger partial charge on any atom is -0.459 e. The molecule has 2 aliphatic rings. The normalized spacial score (nSPS) is 29.1. The van der Waals surface area contributed by atoms with Crippen LogP contribution in [0.1, 0.15) is 33.6 Å². The molecular formula is C16H27NO5. The highest BCUT2D eigenvalue weighted by molar-refractivity contribution is 5.80. The van der Waals surface area contributed by atoms with Crippen LogP contribution in [0.2, 0.25) is 0 Å². The third-order valence-electron chi connectivity index (χ3n) is 4.57. The number of carbonyl (C=O) groups excluding carboxylic acids is 1. The summed E-state index contributed by atoms with van der Waals surface area (Å²) >= 11 is 0. The number of carbonyl (C=O) groups is 1. The fraction of sp³-hybridized carbons (Fsp3) is 0.812. The maximum atomic E-state index is 12.2. The first-order valence-electron chi connectivity index (χ1n) is 7.94. The highest BCUT2D eigenvalue weighted by Crippen LogP contribution is 2.30. The van der Waals surface area contributed by atoms with E-state index in [0.29, 0.717) is 0 Å². The van der Waals surface area contributed by atoms with E-state index in [2.05, 4.69) is 4.90 Å². The number of ether oxygens (including phenoxy) is 1. The Morgan fingerprint density at radius 3 is 2.77 bits per heavy atom. The van der Waals surface area contributed by atoms with Gasteiger partial charge in [0, 0.05) is 13.1 Å². The van der Waals surface area contributed by atoms with Gasteiger partial charge in [-0.2, -0.15) is 0 Å². The van der Waals surface area contributed by atoms with E-state index in [1.165, 1.54) is 6.92 Å². The van der Waals surface area contributed by atoms with Crippen LogP contribution in [0.5, 0.6) is 0 Å². The van der Waals surface area contributed by atoms with Gasteiger partial charge in [0.2, 0.25) is 0 Å². The third-order valence-corrected chi connectivity index (χ3v) is 4.57. The fourth-order valence-corrected chi connectivity index (χ4v) is 3.35. The summed E-state index contributed by atoms with van der Waals surface area (Å²) in [6, 6.07) is -0.0856. The summed E-state index contributed by atoms with van der Waals surface area (Å²) in [5.41, 5.74) is -1.02. The van der Waals surface area contributed by atoms with Gasteiger partial charge in [-0.05, 0) is 31.3 Å². The highest BCUT2D eigenvalue weighted by Gasteiger charge is 2.44. The summed E-state index contributed by atoms with van der Waals surface area (Å²) in [6.07, 6.45) is 1.19. The van der Waals surface area contributed by atoms with Crippen LogP contribution in [0.25, 0.3) is 0 Å². The van der Waals surface area contributed by atoms with Crippen LogP contribution in [0.4, 0.5) is 0 Å². The van der Waals surface area contributed by atoms with Crippen molar-refractivity contribution in [3.05, 3.63) is 11.6 Å². The topological polar surface area (TPSA) is 90.2 Å². The van der Waals surface area contributed by atoms with Gasteiger partial charge in [0.1, 0.15) is 6.61 Å². The Labute approximate surface area is 131 Å². The van der Waals surface area contributed by atoms with E-state index in [-0.39, 0.29) is 25.0 Å². The van der Waals surface area contributed by atoms with Crippen molar-refractivity contribution < 1.29 is 24.9 Å². The summed E-state index contributed by atoms with van der Waals surface area (Å²) in [4.78, 5) is 14.4. The first kappa shape index (κ1) is 17.4. The molecule has 1 saturated heterocycles. The molecule has 0 aliphatic carbocycles.